The third kappa shape index (κ3) is 6.28. The van der Waals surface area contributed by atoms with Crippen LogP contribution >= 0.6 is 0 Å². The maximum atomic E-state index is 14.1. The molecule has 4 heterocycles. The minimum absolute atomic E-state index is 0.118. The molecule has 2 fully saturated rings. The summed E-state index contributed by atoms with van der Waals surface area (Å²) in [5, 5.41) is 7.93. The van der Waals surface area contributed by atoms with Crippen LogP contribution in [-0.4, -0.2) is 84.5 Å². The van der Waals surface area contributed by atoms with Gasteiger partial charge < -0.3 is 23.8 Å². The van der Waals surface area contributed by atoms with Gasteiger partial charge in [-0.2, -0.15) is 0 Å². The van der Waals surface area contributed by atoms with Crippen LogP contribution in [-0.2, 0) is 25.1 Å². The van der Waals surface area contributed by atoms with Gasteiger partial charge in [0, 0.05) is 19.7 Å². The van der Waals surface area contributed by atoms with Crippen LogP contribution in [0.4, 0.5) is 10.3 Å². The van der Waals surface area contributed by atoms with Crippen LogP contribution in [0.1, 0.15) is 50.9 Å². The lowest BCUT2D eigenvalue weighted by Gasteiger charge is -2.38. The molecule has 0 spiro atoms. The lowest BCUT2D eigenvalue weighted by Crippen LogP contribution is -2.51. The molecule has 0 saturated carbocycles. The molecular formula is C27H35FN6O6S. The largest absolute Gasteiger partial charge is 0.494 e. The lowest BCUT2D eigenvalue weighted by atomic mass is 10.1. The molecule has 2 saturated heterocycles. The monoisotopic (exact) mass is 590 g/mol. The smallest absolute Gasteiger partial charge is 0.225 e. The van der Waals surface area contributed by atoms with E-state index in [0.717, 1.165) is 25.2 Å². The molecule has 222 valence electrons. The predicted octanol–water partition coefficient (Wildman–Crippen LogP) is 3.05. The second-order valence-corrected chi connectivity index (χ2v) is 12.7. The molecule has 0 aliphatic carbocycles. The van der Waals surface area contributed by atoms with E-state index in [1.807, 2.05) is 13.8 Å². The number of para-hydroxylation sites is 1. The first-order valence-corrected chi connectivity index (χ1v) is 15.3. The summed E-state index contributed by atoms with van der Waals surface area (Å²) in [6.45, 7) is 4.87. The number of methoxy groups -OCH3 is 2. The van der Waals surface area contributed by atoms with Crippen molar-refractivity contribution in [3.05, 3.63) is 48.1 Å². The van der Waals surface area contributed by atoms with Crippen LogP contribution in [0, 0.1) is 5.82 Å². The third-order valence-electron chi connectivity index (χ3n) is 7.16. The fraction of sp³-hybridized carbons (Fsp3) is 0.556. The standard InChI is InChI=1S/C27H35FN6O6S/c1-17(2)40-19-11-20(15-33(14-19)27-29-12-18(28)13-30-27)41(35,36)16-24-31-32-26(23-9-6-10-39-23)34(24)25-21(37-3)7-5-8-22(25)38-4/h5,7-8,12-13,17,19-20,23H,6,9-11,14-16H2,1-4H3/t19-,20+,23+/m0/s1. The van der Waals surface area contributed by atoms with Crippen molar-refractivity contribution in [2.24, 2.45) is 0 Å². The molecule has 5 rings (SSSR count). The molecule has 1 aromatic carbocycles. The number of hydrogen-bond acceptors (Lipinski definition) is 11. The summed E-state index contributed by atoms with van der Waals surface area (Å²) in [5.41, 5.74) is 0.504. The van der Waals surface area contributed by atoms with Crippen LogP contribution in [0.5, 0.6) is 11.5 Å². The Morgan fingerprint density at radius 3 is 2.41 bits per heavy atom. The number of aromatic nitrogens is 5. The van der Waals surface area contributed by atoms with E-state index in [1.54, 1.807) is 27.7 Å². The molecule has 2 aliphatic rings. The van der Waals surface area contributed by atoms with Gasteiger partial charge in [-0.05, 0) is 45.2 Å². The highest BCUT2D eigenvalue weighted by molar-refractivity contribution is 7.91. The Balaban J connectivity index is 1.52. The van der Waals surface area contributed by atoms with Gasteiger partial charge in [-0.3, -0.25) is 4.57 Å². The molecule has 41 heavy (non-hydrogen) atoms. The second-order valence-electron chi connectivity index (χ2n) is 10.4. The van der Waals surface area contributed by atoms with E-state index in [0.29, 0.717) is 36.2 Å². The van der Waals surface area contributed by atoms with Gasteiger partial charge in [-0.1, -0.05) is 6.07 Å². The minimum Gasteiger partial charge on any atom is -0.494 e. The molecule has 0 bridgehead atoms. The van der Waals surface area contributed by atoms with Crippen molar-refractivity contribution < 1.29 is 31.8 Å². The zero-order chi connectivity index (χ0) is 29.1. The maximum absolute atomic E-state index is 14.1. The van der Waals surface area contributed by atoms with E-state index in [1.165, 1.54) is 14.2 Å². The molecule has 0 N–H and O–H groups in total. The number of anilines is 1. The Labute approximate surface area is 238 Å². The number of benzene rings is 1. The highest BCUT2D eigenvalue weighted by Crippen LogP contribution is 2.38. The molecule has 3 atom stereocenters. The van der Waals surface area contributed by atoms with E-state index in [-0.39, 0.29) is 36.9 Å². The van der Waals surface area contributed by atoms with E-state index >= 15 is 0 Å². The first kappa shape index (κ1) is 29.1. The van der Waals surface area contributed by atoms with Crippen LogP contribution in [0.15, 0.2) is 30.6 Å². The zero-order valence-electron chi connectivity index (χ0n) is 23.6. The summed E-state index contributed by atoms with van der Waals surface area (Å²) in [4.78, 5) is 9.88. The van der Waals surface area contributed by atoms with Gasteiger partial charge in [0.25, 0.3) is 0 Å². The number of piperidine rings is 1. The SMILES string of the molecule is COc1cccc(OC)c1-n1c(CS(=O)(=O)[C@@H]2C[C@H](OC(C)C)CN(c3ncc(F)cn3)C2)nnc1[C@H]1CCCO1. The highest BCUT2D eigenvalue weighted by atomic mass is 32.2. The average Bonchev–Trinajstić information content (AvgIpc) is 3.62. The number of sulfone groups is 1. The maximum Gasteiger partial charge on any atom is 0.225 e. The Kier molecular flexibility index (Phi) is 8.71. The van der Waals surface area contributed by atoms with Crippen molar-refractivity contribution in [3.8, 4) is 17.2 Å². The predicted molar refractivity (Wildman–Crippen MR) is 148 cm³/mol. The molecule has 0 amide bonds. The Morgan fingerprint density at radius 2 is 1.80 bits per heavy atom. The van der Waals surface area contributed by atoms with Crippen molar-refractivity contribution in [1.82, 2.24) is 24.7 Å². The molecule has 3 aromatic rings. The number of rotatable bonds is 10. The summed E-state index contributed by atoms with van der Waals surface area (Å²) in [5.74, 6) is 0.931. The fourth-order valence-electron chi connectivity index (χ4n) is 5.39. The Morgan fingerprint density at radius 1 is 1.10 bits per heavy atom. The molecule has 2 aliphatic heterocycles. The molecular weight excluding hydrogens is 555 g/mol. The van der Waals surface area contributed by atoms with Gasteiger partial charge in [0.15, 0.2) is 27.3 Å². The second kappa shape index (κ2) is 12.2. The van der Waals surface area contributed by atoms with Crippen molar-refractivity contribution in [1.29, 1.82) is 0 Å². The lowest BCUT2D eigenvalue weighted by molar-refractivity contribution is 0.00143. The molecule has 0 radical (unpaired) electrons. The van der Waals surface area contributed by atoms with Crippen molar-refractivity contribution in [3.63, 3.8) is 0 Å². The summed E-state index contributed by atoms with van der Waals surface area (Å²) in [7, 11) is -0.760. The third-order valence-corrected chi connectivity index (χ3v) is 9.18. The van der Waals surface area contributed by atoms with E-state index in [4.69, 9.17) is 18.9 Å². The van der Waals surface area contributed by atoms with Gasteiger partial charge in [-0.25, -0.2) is 22.8 Å². The van der Waals surface area contributed by atoms with Crippen molar-refractivity contribution >= 4 is 15.8 Å². The van der Waals surface area contributed by atoms with Crippen LogP contribution in [0.25, 0.3) is 5.69 Å². The van der Waals surface area contributed by atoms with E-state index < -0.39 is 32.8 Å². The quantitative estimate of drug-likeness (QED) is 0.345. The Hall–Kier alpha value is -3.36. The van der Waals surface area contributed by atoms with Gasteiger partial charge in [0.2, 0.25) is 5.95 Å². The number of halogens is 1. The van der Waals surface area contributed by atoms with E-state index in [2.05, 4.69) is 20.2 Å². The summed E-state index contributed by atoms with van der Waals surface area (Å²) < 4.78 is 66.6. The van der Waals surface area contributed by atoms with Crippen LogP contribution < -0.4 is 14.4 Å². The highest BCUT2D eigenvalue weighted by Gasteiger charge is 2.39. The number of ether oxygens (including phenoxy) is 4. The van der Waals surface area contributed by atoms with Crippen LogP contribution in [0.2, 0.25) is 0 Å². The van der Waals surface area contributed by atoms with Gasteiger partial charge >= 0.3 is 0 Å². The van der Waals surface area contributed by atoms with E-state index in [9.17, 15) is 12.8 Å². The average molecular weight is 591 g/mol. The fourth-order valence-corrected chi connectivity index (χ4v) is 7.09. The van der Waals surface area contributed by atoms with Crippen molar-refractivity contribution in [2.75, 3.05) is 38.8 Å². The Bertz CT molecular complexity index is 1420. The van der Waals surface area contributed by atoms with Gasteiger partial charge in [0.1, 0.15) is 29.0 Å². The van der Waals surface area contributed by atoms with Crippen LogP contribution in [0.3, 0.4) is 0 Å². The zero-order valence-corrected chi connectivity index (χ0v) is 24.4. The molecule has 14 heteroatoms. The summed E-state index contributed by atoms with van der Waals surface area (Å²) in [6.07, 6.45) is 3.13. The number of hydrogen-bond donors (Lipinski definition) is 0. The molecule has 2 aromatic heterocycles. The first-order valence-electron chi connectivity index (χ1n) is 13.6. The van der Waals surface area contributed by atoms with Gasteiger partial charge in [0.05, 0.1) is 44.1 Å². The van der Waals surface area contributed by atoms with Gasteiger partial charge in [-0.15, -0.1) is 10.2 Å². The van der Waals surface area contributed by atoms with Crippen molar-refractivity contribution in [2.45, 2.75) is 62.4 Å². The summed E-state index contributed by atoms with van der Waals surface area (Å²) >= 11 is 0. The first-order chi connectivity index (χ1) is 19.7. The topological polar surface area (TPSA) is 131 Å². The normalized spacial score (nSPS) is 21.4. The minimum atomic E-state index is -3.83. The molecule has 0 unspecified atom stereocenters. The summed E-state index contributed by atoms with van der Waals surface area (Å²) in [6, 6.07) is 5.33. The molecule has 12 nitrogen and oxygen atoms in total. The number of nitrogens with zero attached hydrogens (tertiary/aromatic N) is 6.